The van der Waals surface area contributed by atoms with Gasteiger partial charge in [0.15, 0.2) is 0 Å². The molecule has 5 rings (SSSR count). The normalized spacial score (nSPS) is 26.9. The van der Waals surface area contributed by atoms with Gasteiger partial charge < -0.3 is 10.2 Å². The first-order chi connectivity index (χ1) is 17.9. The predicted molar refractivity (Wildman–Crippen MR) is 149 cm³/mol. The molecule has 2 N–H and O–H groups in total. The van der Waals surface area contributed by atoms with Crippen molar-refractivity contribution in [2.45, 2.75) is 82.8 Å². The van der Waals surface area contributed by atoms with E-state index in [2.05, 4.69) is 27.1 Å². The number of piperidine rings is 1. The van der Waals surface area contributed by atoms with Crippen LogP contribution in [-0.2, 0) is 16.6 Å². The van der Waals surface area contributed by atoms with E-state index in [4.69, 9.17) is 0 Å². The monoisotopic (exact) mass is 531 g/mol. The standard InChI is InChI=1S/C28H45N5O3S/c1-37(35,36)30-18-23-20-31(19-22-10-5-3-2-4-6-11-22)17-15-25(23)33-27-14-8-7-13-26(27)32(28(33)34)21-24-12-9-16-29-24/h7-8,13-14,22-25,29-30H,2-6,9-12,15-21H2,1H3/t23-,24-,25+/m0/s1. The van der Waals surface area contributed by atoms with Crippen LogP contribution in [0.4, 0.5) is 0 Å². The van der Waals surface area contributed by atoms with Crippen LogP contribution < -0.4 is 15.7 Å². The molecule has 3 atom stereocenters. The molecule has 3 aliphatic rings. The lowest BCUT2D eigenvalue weighted by atomic mass is 9.88. The molecule has 206 valence electrons. The number of sulfonamides is 1. The van der Waals surface area contributed by atoms with Gasteiger partial charge in [-0.15, -0.1) is 0 Å². The summed E-state index contributed by atoms with van der Waals surface area (Å²) in [4.78, 5) is 16.5. The molecular weight excluding hydrogens is 486 g/mol. The van der Waals surface area contributed by atoms with E-state index in [-0.39, 0.29) is 17.6 Å². The molecule has 8 nitrogen and oxygen atoms in total. The van der Waals surface area contributed by atoms with Crippen molar-refractivity contribution in [1.82, 2.24) is 24.1 Å². The second-order valence-electron chi connectivity index (χ2n) is 11.8. The lowest BCUT2D eigenvalue weighted by molar-refractivity contribution is 0.103. The zero-order valence-electron chi connectivity index (χ0n) is 22.4. The van der Waals surface area contributed by atoms with Crippen LogP contribution in [0.3, 0.4) is 0 Å². The topological polar surface area (TPSA) is 88.4 Å². The van der Waals surface area contributed by atoms with E-state index in [0.29, 0.717) is 19.1 Å². The first kappa shape index (κ1) is 26.9. The number of imidazole rings is 1. The van der Waals surface area contributed by atoms with Crippen molar-refractivity contribution in [1.29, 1.82) is 0 Å². The molecule has 3 fully saturated rings. The van der Waals surface area contributed by atoms with Gasteiger partial charge in [0.05, 0.1) is 17.3 Å². The largest absolute Gasteiger partial charge is 0.329 e. The molecule has 1 saturated carbocycles. The van der Waals surface area contributed by atoms with Gasteiger partial charge in [0.25, 0.3) is 0 Å². The Bertz CT molecular complexity index is 1190. The van der Waals surface area contributed by atoms with Gasteiger partial charge in [-0.05, 0) is 56.7 Å². The van der Waals surface area contributed by atoms with E-state index in [1.165, 1.54) is 51.2 Å². The molecule has 3 heterocycles. The number of hydrogen-bond donors (Lipinski definition) is 2. The van der Waals surface area contributed by atoms with Crippen LogP contribution in [0.1, 0.15) is 70.3 Å². The number of nitrogens with zero attached hydrogens (tertiary/aromatic N) is 3. The number of aromatic nitrogens is 2. The third kappa shape index (κ3) is 6.67. The Balaban J connectivity index is 1.41. The van der Waals surface area contributed by atoms with Crippen molar-refractivity contribution in [3.05, 3.63) is 34.7 Å². The summed E-state index contributed by atoms with van der Waals surface area (Å²) in [6.45, 7) is 4.91. The third-order valence-corrected chi connectivity index (χ3v) is 9.58. The average molecular weight is 532 g/mol. The molecule has 2 saturated heterocycles. The summed E-state index contributed by atoms with van der Waals surface area (Å²) in [6, 6.07) is 8.41. The van der Waals surface area contributed by atoms with Gasteiger partial charge in [0, 0.05) is 50.7 Å². The van der Waals surface area contributed by atoms with E-state index < -0.39 is 10.0 Å². The molecule has 9 heteroatoms. The van der Waals surface area contributed by atoms with E-state index in [1.807, 2.05) is 21.3 Å². The number of fused-ring (bicyclic) bond motifs is 1. The van der Waals surface area contributed by atoms with Crippen LogP contribution in [0.5, 0.6) is 0 Å². The minimum atomic E-state index is -3.32. The summed E-state index contributed by atoms with van der Waals surface area (Å²) in [5, 5.41) is 3.53. The average Bonchev–Trinajstić information content (AvgIpc) is 3.46. The Labute approximate surface area is 221 Å². The first-order valence-electron chi connectivity index (χ1n) is 14.5. The predicted octanol–water partition coefficient (Wildman–Crippen LogP) is 3.33. The van der Waals surface area contributed by atoms with Crippen molar-refractivity contribution in [2.75, 3.05) is 39.0 Å². The Morgan fingerprint density at radius 1 is 0.946 bits per heavy atom. The number of nitrogens with one attached hydrogen (secondary N) is 2. The maximum absolute atomic E-state index is 13.9. The molecule has 0 spiro atoms. The molecule has 1 aromatic heterocycles. The summed E-state index contributed by atoms with van der Waals surface area (Å²) in [5.41, 5.74) is 1.99. The minimum Gasteiger partial charge on any atom is -0.312 e. The quantitative estimate of drug-likeness (QED) is 0.546. The summed E-state index contributed by atoms with van der Waals surface area (Å²) in [5.74, 6) is 0.766. The zero-order valence-corrected chi connectivity index (χ0v) is 23.2. The summed E-state index contributed by atoms with van der Waals surface area (Å²) in [7, 11) is -3.32. The number of hydrogen-bond acceptors (Lipinski definition) is 5. The summed E-state index contributed by atoms with van der Waals surface area (Å²) >= 11 is 0. The molecule has 1 aliphatic carbocycles. The van der Waals surface area contributed by atoms with Crippen LogP contribution in [0.2, 0.25) is 0 Å². The molecule has 2 aromatic rings. The highest BCUT2D eigenvalue weighted by atomic mass is 32.2. The Morgan fingerprint density at radius 2 is 1.68 bits per heavy atom. The fraction of sp³-hybridized carbons (Fsp3) is 0.750. The molecular formula is C28H45N5O3S. The number of para-hydroxylation sites is 2. The van der Waals surface area contributed by atoms with Gasteiger partial charge >= 0.3 is 5.69 Å². The number of rotatable bonds is 8. The van der Waals surface area contributed by atoms with Crippen LogP contribution in [0.25, 0.3) is 11.0 Å². The highest BCUT2D eigenvalue weighted by Gasteiger charge is 2.34. The molecule has 0 amide bonds. The van der Waals surface area contributed by atoms with E-state index >= 15 is 0 Å². The maximum Gasteiger partial charge on any atom is 0.329 e. The van der Waals surface area contributed by atoms with E-state index in [0.717, 1.165) is 62.4 Å². The van der Waals surface area contributed by atoms with Crippen LogP contribution in [-0.4, -0.2) is 67.5 Å². The van der Waals surface area contributed by atoms with Gasteiger partial charge in [-0.2, -0.15) is 0 Å². The fourth-order valence-corrected chi connectivity index (χ4v) is 7.53. The van der Waals surface area contributed by atoms with E-state index in [1.54, 1.807) is 0 Å². The summed E-state index contributed by atoms with van der Waals surface area (Å²) in [6.07, 6.45) is 13.6. The van der Waals surface area contributed by atoms with Crippen LogP contribution >= 0.6 is 0 Å². The van der Waals surface area contributed by atoms with E-state index in [9.17, 15) is 13.2 Å². The van der Waals surface area contributed by atoms with Crippen molar-refractivity contribution in [3.8, 4) is 0 Å². The second kappa shape index (κ2) is 12.0. The van der Waals surface area contributed by atoms with Gasteiger partial charge in [0.2, 0.25) is 10.0 Å². The Kier molecular flexibility index (Phi) is 8.74. The van der Waals surface area contributed by atoms with Crippen molar-refractivity contribution in [2.24, 2.45) is 11.8 Å². The first-order valence-corrected chi connectivity index (χ1v) is 16.4. The van der Waals surface area contributed by atoms with Crippen molar-refractivity contribution in [3.63, 3.8) is 0 Å². The molecule has 1 aromatic carbocycles. The lowest BCUT2D eigenvalue weighted by Gasteiger charge is -2.40. The molecule has 37 heavy (non-hydrogen) atoms. The summed E-state index contributed by atoms with van der Waals surface area (Å²) < 4.78 is 30.8. The maximum atomic E-state index is 13.9. The lowest BCUT2D eigenvalue weighted by Crippen LogP contribution is -2.49. The van der Waals surface area contributed by atoms with Crippen LogP contribution in [0, 0.1) is 11.8 Å². The molecule has 0 unspecified atom stereocenters. The van der Waals surface area contributed by atoms with Crippen molar-refractivity contribution >= 4 is 21.1 Å². The van der Waals surface area contributed by atoms with Crippen molar-refractivity contribution < 1.29 is 8.42 Å². The van der Waals surface area contributed by atoms with Gasteiger partial charge in [0.1, 0.15) is 0 Å². The third-order valence-electron chi connectivity index (χ3n) is 8.89. The van der Waals surface area contributed by atoms with Gasteiger partial charge in [-0.25, -0.2) is 17.9 Å². The minimum absolute atomic E-state index is 0.0296. The van der Waals surface area contributed by atoms with Gasteiger partial charge in [-0.1, -0.05) is 44.2 Å². The van der Waals surface area contributed by atoms with Crippen LogP contribution in [0.15, 0.2) is 29.1 Å². The Morgan fingerprint density at radius 3 is 2.38 bits per heavy atom. The zero-order chi connectivity index (χ0) is 25.8. The van der Waals surface area contributed by atoms with Gasteiger partial charge in [-0.3, -0.25) is 9.13 Å². The highest BCUT2D eigenvalue weighted by Crippen LogP contribution is 2.32. The molecule has 2 aliphatic heterocycles. The fourth-order valence-electron chi connectivity index (χ4n) is 7.01. The molecule has 0 bridgehead atoms. The Hall–Kier alpha value is -1.68. The smallest absolute Gasteiger partial charge is 0.312 e. The molecule has 0 radical (unpaired) electrons. The number of likely N-dealkylation sites (tertiary alicyclic amines) is 1. The SMILES string of the molecule is CS(=O)(=O)NC[C@H]1CN(CC2CCCCCCC2)CC[C@H]1n1c(=O)n(C[C@@H]2CCCN2)c2ccccc21. The highest BCUT2D eigenvalue weighted by molar-refractivity contribution is 7.88. The number of benzene rings is 1. The second-order valence-corrected chi connectivity index (χ2v) is 13.6.